The number of benzene rings is 1. The van der Waals surface area contributed by atoms with Gasteiger partial charge in [0.1, 0.15) is 0 Å². The first-order valence-corrected chi connectivity index (χ1v) is 8.81. The van der Waals surface area contributed by atoms with Gasteiger partial charge in [0, 0.05) is 12.7 Å². The van der Waals surface area contributed by atoms with Crippen molar-refractivity contribution in [2.24, 2.45) is 0 Å². The fraction of sp³-hybridized carbons (Fsp3) is 0.400. The molecule has 3 N–H and O–H groups in total. The monoisotopic (exact) mass is 339 g/mol. The van der Waals surface area contributed by atoms with Crippen LogP contribution in [0.5, 0.6) is 0 Å². The Morgan fingerprint density at radius 1 is 1.24 bits per heavy atom. The minimum absolute atomic E-state index is 0.185. The van der Waals surface area contributed by atoms with E-state index in [1.807, 2.05) is 43.3 Å². The molecule has 2 heterocycles. The summed E-state index contributed by atoms with van der Waals surface area (Å²) >= 11 is 0. The van der Waals surface area contributed by atoms with E-state index in [1.165, 1.54) is 0 Å². The molecular formula is C20H25N3O2. The molecule has 0 radical (unpaired) electrons. The maximum atomic E-state index is 12.9. The van der Waals surface area contributed by atoms with Crippen LogP contribution in [0.1, 0.15) is 35.3 Å². The lowest BCUT2D eigenvalue weighted by Gasteiger charge is -2.26. The van der Waals surface area contributed by atoms with Crippen LogP contribution >= 0.6 is 0 Å². The van der Waals surface area contributed by atoms with Crippen molar-refractivity contribution in [3.63, 3.8) is 0 Å². The molecule has 5 heteroatoms. The van der Waals surface area contributed by atoms with Gasteiger partial charge in [-0.25, -0.2) is 0 Å². The molecule has 0 bridgehead atoms. The summed E-state index contributed by atoms with van der Waals surface area (Å²) in [7, 11) is 0. The summed E-state index contributed by atoms with van der Waals surface area (Å²) in [6.45, 7) is 3.78. The van der Waals surface area contributed by atoms with Gasteiger partial charge in [-0.2, -0.15) is 0 Å². The van der Waals surface area contributed by atoms with E-state index in [2.05, 4.69) is 15.6 Å². The minimum Gasteiger partial charge on any atom is -0.388 e. The Bertz CT molecular complexity index is 723. The Labute approximate surface area is 148 Å². The SMILES string of the molecule is Cc1nccc(-c2ccccc2)c1C(=O)NC[C@]1(O)CCCNCC1. The molecule has 1 aliphatic rings. The van der Waals surface area contributed by atoms with Crippen molar-refractivity contribution in [3.8, 4) is 11.1 Å². The lowest BCUT2D eigenvalue weighted by molar-refractivity contribution is 0.0275. The zero-order valence-electron chi connectivity index (χ0n) is 14.6. The van der Waals surface area contributed by atoms with Gasteiger partial charge < -0.3 is 15.7 Å². The molecule has 1 aliphatic heterocycles. The highest BCUT2D eigenvalue weighted by atomic mass is 16.3. The molecule has 5 nitrogen and oxygen atoms in total. The number of amides is 1. The van der Waals surface area contributed by atoms with Crippen molar-refractivity contribution in [1.82, 2.24) is 15.6 Å². The first-order chi connectivity index (χ1) is 12.1. The third-order valence-corrected chi connectivity index (χ3v) is 4.79. The number of hydrogen-bond acceptors (Lipinski definition) is 4. The summed E-state index contributed by atoms with van der Waals surface area (Å²) in [5, 5.41) is 16.9. The third-order valence-electron chi connectivity index (χ3n) is 4.79. The molecule has 1 aromatic heterocycles. The Morgan fingerprint density at radius 3 is 2.84 bits per heavy atom. The molecule has 1 amide bonds. The van der Waals surface area contributed by atoms with Crippen LogP contribution in [0.3, 0.4) is 0 Å². The van der Waals surface area contributed by atoms with Gasteiger partial charge in [-0.15, -0.1) is 0 Å². The van der Waals surface area contributed by atoms with Crippen molar-refractivity contribution in [1.29, 1.82) is 0 Å². The number of rotatable bonds is 4. The molecule has 0 saturated carbocycles. The van der Waals surface area contributed by atoms with E-state index < -0.39 is 5.60 Å². The molecule has 1 aromatic carbocycles. The summed E-state index contributed by atoms with van der Waals surface area (Å²) < 4.78 is 0. The maximum absolute atomic E-state index is 12.9. The number of nitrogens with one attached hydrogen (secondary N) is 2. The molecule has 1 saturated heterocycles. The second-order valence-electron chi connectivity index (χ2n) is 6.70. The van der Waals surface area contributed by atoms with Crippen molar-refractivity contribution >= 4 is 5.91 Å². The van der Waals surface area contributed by atoms with Crippen molar-refractivity contribution < 1.29 is 9.90 Å². The molecule has 3 rings (SSSR count). The van der Waals surface area contributed by atoms with Gasteiger partial charge in [-0.05, 0) is 56.5 Å². The number of carbonyl (C=O) groups is 1. The fourth-order valence-corrected chi connectivity index (χ4v) is 3.33. The lowest BCUT2D eigenvalue weighted by Crippen LogP contribution is -2.43. The highest BCUT2D eigenvalue weighted by Crippen LogP contribution is 2.25. The Kier molecular flexibility index (Phi) is 5.46. The van der Waals surface area contributed by atoms with Crippen LogP contribution in [-0.4, -0.2) is 41.2 Å². The van der Waals surface area contributed by atoms with E-state index in [4.69, 9.17) is 0 Å². The number of hydrogen-bond donors (Lipinski definition) is 3. The van der Waals surface area contributed by atoms with Gasteiger partial charge in [0.15, 0.2) is 0 Å². The maximum Gasteiger partial charge on any atom is 0.253 e. The number of aryl methyl sites for hydroxylation is 1. The predicted octanol–water partition coefficient (Wildman–Crippen LogP) is 2.29. The molecule has 0 spiro atoms. The van der Waals surface area contributed by atoms with Gasteiger partial charge in [0.2, 0.25) is 0 Å². The second-order valence-corrected chi connectivity index (χ2v) is 6.70. The van der Waals surface area contributed by atoms with E-state index in [0.717, 1.165) is 30.6 Å². The quantitative estimate of drug-likeness (QED) is 0.799. The predicted molar refractivity (Wildman–Crippen MR) is 98.4 cm³/mol. The fourth-order valence-electron chi connectivity index (χ4n) is 3.33. The first kappa shape index (κ1) is 17.6. The Hall–Kier alpha value is -2.24. The van der Waals surface area contributed by atoms with Crippen LogP contribution < -0.4 is 10.6 Å². The molecule has 1 atom stereocenters. The Morgan fingerprint density at radius 2 is 2.04 bits per heavy atom. The molecule has 2 aromatic rings. The van der Waals surface area contributed by atoms with Gasteiger partial charge in [0.05, 0.1) is 16.9 Å². The van der Waals surface area contributed by atoms with E-state index >= 15 is 0 Å². The van der Waals surface area contributed by atoms with Crippen molar-refractivity contribution in [2.45, 2.75) is 31.8 Å². The largest absolute Gasteiger partial charge is 0.388 e. The van der Waals surface area contributed by atoms with Crippen LogP contribution in [-0.2, 0) is 0 Å². The Balaban J connectivity index is 1.80. The van der Waals surface area contributed by atoms with Crippen LogP contribution in [0.2, 0.25) is 0 Å². The van der Waals surface area contributed by atoms with E-state index in [-0.39, 0.29) is 12.5 Å². The second kappa shape index (κ2) is 7.76. The van der Waals surface area contributed by atoms with Crippen molar-refractivity contribution in [2.75, 3.05) is 19.6 Å². The van der Waals surface area contributed by atoms with Gasteiger partial charge in [-0.1, -0.05) is 30.3 Å². The zero-order valence-corrected chi connectivity index (χ0v) is 14.6. The van der Waals surface area contributed by atoms with Gasteiger partial charge in [0.25, 0.3) is 5.91 Å². The minimum atomic E-state index is -0.845. The van der Waals surface area contributed by atoms with E-state index in [1.54, 1.807) is 6.20 Å². The van der Waals surface area contributed by atoms with Crippen LogP contribution in [0.4, 0.5) is 0 Å². The number of aliphatic hydroxyl groups is 1. The average Bonchev–Trinajstić information content (AvgIpc) is 2.85. The van der Waals surface area contributed by atoms with Crippen molar-refractivity contribution in [3.05, 3.63) is 53.9 Å². The molecular weight excluding hydrogens is 314 g/mol. The molecule has 25 heavy (non-hydrogen) atoms. The standard InChI is InChI=1S/C20H25N3O2/c1-15-18(17(8-12-22-15)16-6-3-2-4-7-16)19(24)23-14-20(25)9-5-11-21-13-10-20/h2-4,6-8,12,21,25H,5,9-11,13-14H2,1H3,(H,23,24)/t20-/m0/s1. The molecule has 0 aliphatic carbocycles. The van der Waals surface area contributed by atoms with Gasteiger partial charge >= 0.3 is 0 Å². The summed E-state index contributed by atoms with van der Waals surface area (Å²) in [4.78, 5) is 17.1. The third kappa shape index (κ3) is 4.24. The summed E-state index contributed by atoms with van der Waals surface area (Å²) in [6, 6.07) is 11.7. The van der Waals surface area contributed by atoms with Gasteiger partial charge in [-0.3, -0.25) is 9.78 Å². The van der Waals surface area contributed by atoms with E-state index in [9.17, 15) is 9.90 Å². The number of nitrogens with zero attached hydrogens (tertiary/aromatic N) is 1. The zero-order chi connectivity index (χ0) is 17.7. The summed E-state index contributed by atoms with van der Waals surface area (Å²) in [5.41, 5.74) is 2.26. The molecule has 1 fully saturated rings. The van der Waals surface area contributed by atoms with Crippen LogP contribution in [0, 0.1) is 6.92 Å². The van der Waals surface area contributed by atoms with Crippen LogP contribution in [0.15, 0.2) is 42.6 Å². The normalized spacial score (nSPS) is 20.7. The molecule has 0 unspecified atom stereocenters. The van der Waals surface area contributed by atoms with Crippen LogP contribution in [0.25, 0.3) is 11.1 Å². The lowest BCUT2D eigenvalue weighted by atomic mass is 9.94. The topological polar surface area (TPSA) is 74.2 Å². The van der Waals surface area contributed by atoms with E-state index in [0.29, 0.717) is 24.1 Å². The number of carbonyl (C=O) groups excluding carboxylic acids is 1. The summed E-state index contributed by atoms with van der Waals surface area (Å²) in [6.07, 6.45) is 3.97. The summed E-state index contributed by atoms with van der Waals surface area (Å²) in [5.74, 6) is -0.185. The molecule has 132 valence electrons. The smallest absolute Gasteiger partial charge is 0.253 e. The highest BCUT2D eigenvalue weighted by Gasteiger charge is 2.29. The number of pyridine rings is 1. The average molecular weight is 339 g/mol. The number of aromatic nitrogens is 1. The first-order valence-electron chi connectivity index (χ1n) is 8.81. The highest BCUT2D eigenvalue weighted by molar-refractivity contribution is 6.01.